The van der Waals surface area contributed by atoms with Crippen LogP contribution >= 0.6 is 0 Å². The van der Waals surface area contributed by atoms with Crippen molar-refractivity contribution in [3.05, 3.63) is 34.9 Å². The molecule has 1 aliphatic carbocycles. The predicted octanol–water partition coefficient (Wildman–Crippen LogP) is 1.89. The van der Waals surface area contributed by atoms with Crippen LogP contribution in [-0.4, -0.2) is 18.5 Å². The van der Waals surface area contributed by atoms with Crippen molar-refractivity contribution in [3.8, 4) is 0 Å². The molecule has 0 fully saturated rings. The Morgan fingerprint density at radius 2 is 2.06 bits per heavy atom. The molecule has 98 valence electrons. The van der Waals surface area contributed by atoms with Crippen molar-refractivity contribution >= 4 is 5.91 Å². The Morgan fingerprint density at radius 1 is 1.33 bits per heavy atom. The van der Waals surface area contributed by atoms with Crippen LogP contribution in [0.4, 0.5) is 0 Å². The van der Waals surface area contributed by atoms with Crippen LogP contribution in [0.2, 0.25) is 0 Å². The normalized spacial score (nSPS) is 17.1. The highest BCUT2D eigenvalue weighted by Gasteiger charge is 2.17. The third-order valence-electron chi connectivity index (χ3n) is 3.94. The number of hydrogen-bond donors (Lipinski definition) is 2. The lowest BCUT2D eigenvalue weighted by molar-refractivity contribution is 0.0929. The zero-order chi connectivity index (χ0) is 13.1. The first-order chi connectivity index (χ1) is 8.61. The fourth-order valence-corrected chi connectivity index (χ4v) is 2.35. The largest absolute Gasteiger partial charge is 0.349 e. The van der Waals surface area contributed by atoms with Crippen molar-refractivity contribution in [2.75, 3.05) is 6.54 Å². The Hall–Kier alpha value is -1.35. The van der Waals surface area contributed by atoms with Crippen LogP contribution in [0.1, 0.15) is 41.8 Å². The molecule has 0 saturated carbocycles. The van der Waals surface area contributed by atoms with Gasteiger partial charge in [0.15, 0.2) is 0 Å². The van der Waals surface area contributed by atoms with E-state index in [4.69, 9.17) is 5.73 Å². The molecular weight excluding hydrogens is 224 g/mol. The smallest absolute Gasteiger partial charge is 0.251 e. The van der Waals surface area contributed by atoms with E-state index in [2.05, 4.69) is 11.4 Å². The second-order valence-corrected chi connectivity index (χ2v) is 5.31. The molecule has 1 aromatic rings. The van der Waals surface area contributed by atoms with Crippen LogP contribution in [0, 0.1) is 5.92 Å². The molecule has 0 heterocycles. The Kier molecular flexibility index (Phi) is 4.02. The lowest BCUT2D eigenvalue weighted by Gasteiger charge is -2.19. The second-order valence-electron chi connectivity index (χ2n) is 5.31. The molecule has 0 radical (unpaired) electrons. The number of fused-ring (bicyclic) bond motifs is 1. The average molecular weight is 246 g/mol. The highest BCUT2D eigenvalue weighted by molar-refractivity contribution is 5.94. The molecule has 3 nitrogen and oxygen atoms in total. The molecular formula is C15H22N2O. The Bertz CT molecular complexity index is 442. The standard InChI is InChI=1S/C15H22N2O/c1-10(9-16)11(2)17-15(18)14-7-6-12-4-3-5-13(12)8-14/h6-8,10-11H,3-5,9,16H2,1-2H3,(H,17,18). The monoisotopic (exact) mass is 246 g/mol. The summed E-state index contributed by atoms with van der Waals surface area (Å²) in [6.07, 6.45) is 3.46. The number of amides is 1. The van der Waals surface area contributed by atoms with E-state index in [9.17, 15) is 4.79 Å². The van der Waals surface area contributed by atoms with E-state index < -0.39 is 0 Å². The highest BCUT2D eigenvalue weighted by Crippen LogP contribution is 2.22. The van der Waals surface area contributed by atoms with Crippen molar-refractivity contribution < 1.29 is 4.79 Å². The van der Waals surface area contributed by atoms with E-state index >= 15 is 0 Å². The Labute approximate surface area is 109 Å². The van der Waals surface area contributed by atoms with E-state index in [1.807, 2.05) is 26.0 Å². The minimum absolute atomic E-state index is 0.0116. The van der Waals surface area contributed by atoms with E-state index in [0.29, 0.717) is 12.5 Å². The Morgan fingerprint density at radius 3 is 2.78 bits per heavy atom. The number of carbonyl (C=O) groups is 1. The summed E-state index contributed by atoms with van der Waals surface area (Å²) in [4.78, 5) is 12.1. The molecule has 0 aromatic heterocycles. The van der Waals surface area contributed by atoms with Crippen molar-refractivity contribution in [2.24, 2.45) is 11.7 Å². The molecule has 2 rings (SSSR count). The summed E-state index contributed by atoms with van der Waals surface area (Å²) in [5, 5.41) is 3.02. The number of nitrogens with one attached hydrogen (secondary N) is 1. The zero-order valence-electron chi connectivity index (χ0n) is 11.2. The topological polar surface area (TPSA) is 55.1 Å². The van der Waals surface area contributed by atoms with Crippen LogP contribution in [0.15, 0.2) is 18.2 Å². The van der Waals surface area contributed by atoms with Crippen molar-refractivity contribution in [2.45, 2.75) is 39.2 Å². The molecule has 2 unspecified atom stereocenters. The van der Waals surface area contributed by atoms with Gasteiger partial charge in [0.25, 0.3) is 5.91 Å². The van der Waals surface area contributed by atoms with Crippen LogP contribution in [-0.2, 0) is 12.8 Å². The van der Waals surface area contributed by atoms with Gasteiger partial charge in [0.2, 0.25) is 0 Å². The lowest BCUT2D eigenvalue weighted by Crippen LogP contribution is -2.39. The van der Waals surface area contributed by atoms with Gasteiger partial charge in [0.1, 0.15) is 0 Å². The van der Waals surface area contributed by atoms with Gasteiger partial charge < -0.3 is 11.1 Å². The summed E-state index contributed by atoms with van der Waals surface area (Å²) in [5.41, 5.74) is 9.11. The molecule has 1 aliphatic rings. The summed E-state index contributed by atoms with van der Waals surface area (Å²) in [7, 11) is 0. The fourth-order valence-electron chi connectivity index (χ4n) is 2.35. The van der Waals surface area contributed by atoms with E-state index in [0.717, 1.165) is 18.4 Å². The van der Waals surface area contributed by atoms with Crippen LogP contribution < -0.4 is 11.1 Å². The predicted molar refractivity (Wildman–Crippen MR) is 73.6 cm³/mol. The van der Waals surface area contributed by atoms with Crippen LogP contribution in [0.3, 0.4) is 0 Å². The molecule has 1 aromatic carbocycles. The first-order valence-electron chi connectivity index (χ1n) is 6.74. The highest BCUT2D eigenvalue weighted by atomic mass is 16.1. The van der Waals surface area contributed by atoms with Gasteiger partial charge in [-0.2, -0.15) is 0 Å². The third kappa shape index (κ3) is 2.72. The molecule has 2 atom stereocenters. The number of hydrogen-bond acceptors (Lipinski definition) is 2. The maximum Gasteiger partial charge on any atom is 0.251 e. The average Bonchev–Trinajstić information content (AvgIpc) is 2.84. The van der Waals surface area contributed by atoms with Crippen molar-refractivity contribution in [3.63, 3.8) is 0 Å². The molecule has 18 heavy (non-hydrogen) atoms. The van der Waals surface area contributed by atoms with Gasteiger partial charge in [-0.15, -0.1) is 0 Å². The zero-order valence-corrected chi connectivity index (χ0v) is 11.2. The number of carbonyl (C=O) groups excluding carboxylic acids is 1. The first-order valence-corrected chi connectivity index (χ1v) is 6.74. The number of benzene rings is 1. The van der Waals surface area contributed by atoms with Crippen LogP contribution in [0.5, 0.6) is 0 Å². The molecule has 1 amide bonds. The van der Waals surface area contributed by atoms with E-state index in [1.165, 1.54) is 17.5 Å². The molecule has 3 heteroatoms. The van der Waals surface area contributed by atoms with Gasteiger partial charge in [-0.1, -0.05) is 13.0 Å². The maximum atomic E-state index is 12.1. The van der Waals surface area contributed by atoms with Gasteiger partial charge in [-0.3, -0.25) is 4.79 Å². The summed E-state index contributed by atoms with van der Waals surface area (Å²) < 4.78 is 0. The quantitative estimate of drug-likeness (QED) is 0.852. The SMILES string of the molecule is CC(CN)C(C)NC(=O)c1ccc2c(c1)CCC2. The molecule has 0 saturated heterocycles. The van der Waals surface area contributed by atoms with Gasteiger partial charge in [0, 0.05) is 11.6 Å². The lowest BCUT2D eigenvalue weighted by atomic mass is 10.0. The maximum absolute atomic E-state index is 12.1. The van der Waals surface area contributed by atoms with Crippen LogP contribution in [0.25, 0.3) is 0 Å². The van der Waals surface area contributed by atoms with Gasteiger partial charge >= 0.3 is 0 Å². The number of aryl methyl sites for hydroxylation is 2. The summed E-state index contributed by atoms with van der Waals surface area (Å²) >= 11 is 0. The van der Waals surface area contributed by atoms with Gasteiger partial charge in [-0.05, 0) is 61.9 Å². The third-order valence-corrected chi connectivity index (χ3v) is 3.94. The second kappa shape index (κ2) is 5.53. The minimum atomic E-state index is 0.0116. The molecule has 0 aliphatic heterocycles. The summed E-state index contributed by atoms with van der Waals surface area (Å²) in [6.45, 7) is 4.64. The number of nitrogens with two attached hydrogens (primary N) is 1. The molecule has 0 bridgehead atoms. The molecule has 0 spiro atoms. The van der Waals surface area contributed by atoms with E-state index in [-0.39, 0.29) is 11.9 Å². The van der Waals surface area contributed by atoms with Gasteiger partial charge in [-0.25, -0.2) is 0 Å². The fraction of sp³-hybridized carbons (Fsp3) is 0.533. The minimum Gasteiger partial charge on any atom is -0.349 e. The van der Waals surface area contributed by atoms with Gasteiger partial charge in [0.05, 0.1) is 0 Å². The van der Waals surface area contributed by atoms with Crippen molar-refractivity contribution in [1.82, 2.24) is 5.32 Å². The first kappa shape index (κ1) is 13.1. The summed E-state index contributed by atoms with van der Waals surface area (Å²) in [6, 6.07) is 6.17. The number of rotatable bonds is 4. The Balaban J connectivity index is 2.05. The van der Waals surface area contributed by atoms with E-state index in [1.54, 1.807) is 0 Å². The van der Waals surface area contributed by atoms with Crippen molar-refractivity contribution in [1.29, 1.82) is 0 Å². The summed E-state index contributed by atoms with van der Waals surface area (Å²) in [5.74, 6) is 0.306. The molecule has 3 N–H and O–H groups in total.